The molecule has 0 aromatic rings. The van der Waals surface area contributed by atoms with E-state index in [0.29, 0.717) is 26.4 Å². The van der Waals surface area contributed by atoms with E-state index in [2.05, 4.69) is 5.32 Å². The van der Waals surface area contributed by atoms with E-state index in [1.165, 1.54) is 0 Å². The Kier molecular flexibility index (Phi) is 4.15. The van der Waals surface area contributed by atoms with Crippen LogP contribution in [0.15, 0.2) is 0 Å². The summed E-state index contributed by atoms with van der Waals surface area (Å²) in [5.41, 5.74) is 0. The maximum atomic E-state index is 11.9. The minimum Gasteiger partial charge on any atom is -0.459 e. The van der Waals surface area contributed by atoms with Gasteiger partial charge in [-0.3, -0.25) is 4.79 Å². The summed E-state index contributed by atoms with van der Waals surface area (Å²) in [6.07, 6.45) is 0.751. The molecule has 0 amide bonds. The highest BCUT2D eigenvalue weighted by Crippen LogP contribution is 2.18. The van der Waals surface area contributed by atoms with Crippen molar-refractivity contribution < 1.29 is 19.0 Å². The van der Waals surface area contributed by atoms with Crippen molar-refractivity contribution in [3.63, 3.8) is 0 Å². The molecule has 0 aromatic heterocycles. The number of hydrogen-bond donors (Lipinski definition) is 1. The number of rotatable bonds is 4. The molecule has 16 heavy (non-hydrogen) atoms. The summed E-state index contributed by atoms with van der Waals surface area (Å²) in [4.78, 5) is 11.9. The summed E-state index contributed by atoms with van der Waals surface area (Å²) in [6.45, 7) is 5.13. The fourth-order valence-electron chi connectivity index (χ4n) is 2.11. The van der Waals surface area contributed by atoms with Gasteiger partial charge in [-0.15, -0.1) is 0 Å². The smallest absolute Gasteiger partial charge is 0.313 e. The van der Waals surface area contributed by atoms with Crippen LogP contribution in [0.2, 0.25) is 0 Å². The third-order valence-electron chi connectivity index (χ3n) is 3.02. The van der Waals surface area contributed by atoms with Crippen molar-refractivity contribution in [3.8, 4) is 0 Å². The molecule has 2 saturated heterocycles. The molecule has 2 heterocycles. The number of esters is 1. The molecule has 0 aromatic carbocycles. The lowest BCUT2D eigenvalue weighted by Crippen LogP contribution is -2.40. The predicted molar refractivity (Wildman–Crippen MR) is 57.1 cm³/mol. The molecule has 1 N–H and O–H groups in total. The van der Waals surface area contributed by atoms with Gasteiger partial charge in [0, 0.05) is 12.5 Å². The summed E-state index contributed by atoms with van der Waals surface area (Å²) in [5.74, 6) is -0.320. The Balaban J connectivity index is 1.82. The Labute approximate surface area is 95.4 Å². The fraction of sp³-hybridized carbons (Fsp3) is 0.909. The van der Waals surface area contributed by atoms with Gasteiger partial charge in [-0.25, -0.2) is 0 Å². The number of likely N-dealkylation sites (N-methyl/N-ethyl adjacent to an activating group) is 1. The number of nitrogens with one attached hydrogen (secondary N) is 1. The zero-order valence-corrected chi connectivity index (χ0v) is 9.61. The summed E-state index contributed by atoms with van der Waals surface area (Å²) in [6, 6.07) is 0.0971. The number of hydrogen-bond acceptors (Lipinski definition) is 5. The van der Waals surface area contributed by atoms with Gasteiger partial charge in [-0.05, 0) is 6.54 Å². The first-order valence-corrected chi connectivity index (χ1v) is 5.90. The van der Waals surface area contributed by atoms with E-state index in [1.54, 1.807) is 0 Å². The maximum Gasteiger partial charge on any atom is 0.313 e. The molecule has 0 spiro atoms. The lowest BCUT2D eigenvalue weighted by Gasteiger charge is -2.19. The largest absolute Gasteiger partial charge is 0.459 e. The zero-order chi connectivity index (χ0) is 11.4. The van der Waals surface area contributed by atoms with Gasteiger partial charge in [0.05, 0.1) is 32.3 Å². The first-order chi connectivity index (χ1) is 7.81. The molecule has 0 bridgehead atoms. The third kappa shape index (κ3) is 2.72. The van der Waals surface area contributed by atoms with Gasteiger partial charge < -0.3 is 19.5 Å². The van der Waals surface area contributed by atoms with Crippen molar-refractivity contribution >= 4 is 5.97 Å². The number of ether oxygens (including phenoxy) is 3. The molecule has 2 fully saturated rings. The molecule has 3 unspecified atom stereocenters. The van der Waals surface area contributed by atoms with Crippen LogP contribution >= 0.6 is 0 Å². The van der Waals surface area contributed by atoms with Gasteiger partial charge in [0.25, 0.3) is 0 Å². The van der Waals surface area contributed by atoms with Crippen molar-refractivity contribution in [3.05, 3.63) is 0 Å². The molecule has 0 aliphatic carbocycles. The van der Waals surface area contributed by atoms with Crippen LogP contribution in [-0.4, -0.2) is 51.1 Å². The van der Waals surface area contributed by atoms with Crippen molar-refractivity contribution in [2.75, 3.05) is 33.0 Å². The van der Waals surface area contributed by atoms with Crippen molar-refractivity contribution in [2.45, 2.75) is 25.5 Å². The topological polar surface area (TPSA) is 56.8 Å². The van der Waals surface area contributed by atoms with Crippen molar-refractivity contribution in [1.29, 1.82) is 0 Å². The van der Waals surface area contributed by atoms with Crippen LogP contribution in [0, 0.1) is 5.92 Å². The van der Waals surface area contributed by atoms with Crippen LogP contribution in [0.25, 0.3) is 0 Å². The lowest BCUT2D eigenvalue weighted by atomic mass is 10.0. The SMILES string of the molecule is CCNC1COCC1C(=O)OC1CCOC1. The van der Waals surface area contributed by atoms with E-state index in [4.69, 9.17) is 14.2 Å². The fourth-order valence-corrected chi connectivity index (χ4v) is 2.11. The van der Waals surface area contributed by atoms with Crippen LogP contribution in [0.5, 0.6) is 0 Å². The highest BCUT2D eigenvalue weighted by atomic mass is 16.6. The average molecular weight is 229 g/mol. The van der Waals surface area contributed by atoms with E-state index in [-0.39, 0.29) is 24.0 Å². The molecular formula is C11H19NO4. The Bertz CT molecular complexity index is 240. The zero-order valence-electron chi connectivity index (χ0n) is 9.61. The van der Waals surface area contributed by atoms with Gasteiger partial charge in [0.15, 0.2) is 0 Å². The van der Waals surface area contributed by atoms with Crippen LogP contribution in [0.1, 0.15) is 13.3 Å². The Morgan fingerprint density at radius 3 is 2.94 bits per heavy atom. The molecule has 0 saturated carbocycles. The Morgan fingerprint density at radius 1 is 1.38 bits per heavy atom. The lowest BCUT2D eigenvalue weighted by molar-refractivity contribution is -0.154. The van der Waals surface area contributed by atoms with Crippen molar-refractivity contribution in [2.24, 2.45) is 5.92 Å². The normalized spacial score (nSPS) is 34.2. The second-order valence-electron chi connectivity index (χ2n) is 4.23. The van der Waals surface area contributed by atoms with Crippen LogP contribution < -0.4 is 5.32 Å². The molecular weight excluding hydrogens is 210 g/mol. The summed E-state index contributed by atoms with van der Waals surface area (Å²) in [7, 11) is 0. The molecule has 92 valence electrons. The van der Waals surface area contributed by atoms with Crippen LogP contribution in [0.3, 0.4) is 0 Å². The van der Waals surface area contributed by atoms with E-state index in [9.17, 15) is 4.79 Å². The van der Waals surface area contributed by atoms with Gasteiger partial charge in [-0.1, -0.05) is 6.92 Å². The van der Waals surface area contributed by atoms with Crippen LogP contribution in [0.4, 0.5) is 0 Å². The first kappa shape index (κ1) is 11.8. The Hall–Kier alpha value is -0.650. The van der Waals surface area contributed by atoms with E-state index in [1.807, 2.05) is 6.92 Å². The average Bonchev–Trinajstić information content (AvgIpc) is 2.89. The minimum atomic E-state index is -0.166. The maximum absolute atomic E-state index is 11.9. The molecule has 2 aliphatic rings. The van der Waals surface area contributed by atoms with E-state index in [0.717, 1.165) is 13.0 Å². The van der Waals surface area contributed by atoms with Gasteiger partial charge in [0.1, 0.15) is 6.10 Å². The van der Waals surface area contributed by atoms with Gasteiger partial charge in [0.2, 0.25) is 0 Å². The summed E-state index contributed by atoms with van der Waals surface area (Å²) in [5, 5.41) is 3.24. The highest BCUT2D eigenvalue weighted by molar-refractivity contribution is 5.74. The monoisotopic (exact) mass is 229 g/mol. The molecule has 0 radical (unpaired) electrons. The molecule has 5 nitrogen and oxygen atoms in total. The number of carbonyl (C=O) groups excluding carboxylic acids is 1. The molecule has 3 atom stereocenters. The quantitative estimate of drug-likeness (QED) is 0.685. The molecule has 2 aliphatic heterocycles. The summed E-state index contributed by atoms with van der Waals surface area (Å²) < 4.78 is 15.9. The third-order valence-corrected chi connectivity index (χ3v) is 3.02. The van der Waals surface area contributed by atoms with E-state index < -0.39 is 0 Å². The van der Waals surface area contributed by atoms with Crippen LogP contribution in [-0.2, 0) is 19.0 Å². The second-order valence-corrected chi connectivity index (χ2v) is 4.23. The Morgan fingerprint density at radius 2 is 2.25 bits per heavy atom. The number of carbonyl (C=O) groups is 1. The van der Waals surface area contributed by atoms with E-state index >= 15 is 0 Å². The standard InChI is InChI=1S/C11H19NO4/c1-2-12-10-7-15-6-9(10)11(13)16-8-3-4-14-5-8/h8-10,12H,2-7H2,1H3. The first-order valence-electron chi connectivity index (χ1n) is 5.90. The molecule has 2 rings (SSSR count). The summed E-state index contributed by atoms with van der Waals surface area (Å²) >= 11 is 0. The molecule has 5 heteroatoms. The minimum absolute atomic E-state index is 0.0598. The van der Waals surface area contributed by atoms with Gasteiger partial charge in [-0.2, -0.15) is 0 Å². The van der Waals surface area contributed by atoms with Gasteiger partial charge >= 0.3 is 5.97 Å². The predicted octanol–water partition coefficient (Wildman–Crippen LogP) is -0.0570. The highest BCUT2D eigenvalue weighted by Gasteiger charge is 2.36. The second kappa shape index (κ2) is 5.61. The van der Waals surface area contributed by atoms with Crippen molar-refractivity contribution in [1.82, 2.24) is 5.32 Å².